The Kier molecular flexibility index (Phi) is 2.91. The van der Waals surface area contributed by atoms with Crippen LogP contribution in [-0.4, -0.2) is 17.4 Å². The van der Waals surface area contributed by atoms with Gasteiger partial charge < -0.3 is 10.2 Å². The summed E-state index contributed by atoms with van der Waals surface area (Å²) in [6.07, 6.45) is 3.63. The molecule has 96 valence electrons. The van der Waals surface area contributed by atoms with E-state index in [-0.39, 0.29) is 5.91 Å². The van der Waals surface area contributed by atoms with Gasteiger partial charge in [-0.05, 0) is 30.2 Å². The number of pyridine rings is 1. The molecule has 4 nitrogen and oxygen atoms in total. The largest absolute Gasteiger partial charge is 0.374 e. The number of aromatic nitrogens is 1. The molecular formula is C15H15N3O. The van der Waals surface area contributed by atoms with E-state index in [4.69, 9.17) is 0 Å². The molecule has 0 spiro atoms. The van der Waals surface area contributed by atoms with Crippen molar-refractivity contribution in [1.29, 1.82) is 0 Å². The minimum atomic E-state index is 0.0835. The lowest BCUT2D eigenvalue weighted by atomic mass is 10.1. The molecule has 2 aromatic rings. The van der Waals surface area contributed by atoms with E-state index in [0.29, 0.717) is 13.1 Å². The van der Waals surface area contributed by atoms with Crippen LogP contribution in [0.15, 0.2) is 42.7 Å². The van der Waals surface area contributed by atoms with Gasteiger partial charge in [-0.15, -0.1) is 0 Å². The number of nitrogens with one attached hydrogen (secondary N) is 1. The summed E-state index contributed by atoms with van der Waals surface area (Å²) < 4.78 is 0. The molecule has 0 saturated carbocycles. The Bertz CT molecular complexity index is 624. The summed E-state index contributed by atoms with van der Waals surface area (Å²) in [7, 11) is 0. The summed E-state index contributed by atoms with van der Waals surface area (Å²) in [5, 5.41) is 3.13. The molecule has 0 bridgehead atoms. The molecule has 0 radical (unpaired) electrons. The van der Waals surface area contributed by atoms with Crippen molar-refractivity contribution in [3.8, 4) is 0 Å². The fourth-order valence-corrected chi connectivity index (χ4v) is 2.32. The molecule has 0 aliphatic carbocycles. The van der Waals surface area contributed by atoms with Crippen LogP contribution in [0.2, 0.25) is 0 Å². The SMILES string of the molecule is Cc1cncc(CN2C(=O)CNc3ccccc32)c1. The van der Waals surface area contributed by atoms with Gasteiger partial charge in [0.2, 0.25) is 5.91 Å². The first kappa shape index (κ1) is 11.7. The highest BCUT2D eigenvalue weighted by Gasteiger charge is 2.23. The second kappa shape index (κ2) is 4.72. The standard InChI is InChI=1S/C15H15N3O/c1-11-6-12(8-16-7-11)10-18-14-5-3-2-4-13(14)17-9-15(18)19/h2-8,17H,9-10H2,1H3. The second-order valence-electron chi connectivity index (χ2n) is 4.72. The lowest BCUT2D eigenvalue weighted by Crippen LogP contribution is -2.39. The molecule has 0 atom stereocenters. The summed E-state index contributed by atoms with van der Waals surface area (Å²) in [6.45, 7) is 2.91. The van der Waals surface area contributed by atoms with Crippen LogP contribution < -0.4 is 10.2 Å². The van der Waals surface area contributed by atoms with Gasteiger partial charge >= 0.3 is 0 Å². The highest BCUT2D eigenvalue weighted by atomic mass is 16.2. The quantitative estimate of drug-likeness (QED) is 0.893. The van der Waals surface area contributed by atoms with Crippen LogP contribution >= 0.6 is 0 Å². The van der Waals surface area contributed by atoms with E-state index in [9.17, 15) is 4.79 Å². The third kappa shape index (κ3) is 2.29. The fraction of sp³-hybridized carbons (Fsp3) is 0.200. The van der Waals surface area contributed by atoms with Gasteiger partial charge in [0.05, 0.1) is 24.5 Å². The van der Waals surface area contributed by atoms with Gasteiger partial charge in [-0.3, -0.25) is 9.78 Å². The third-order valence-corrected chi connectivity index (χ3v) is 3.20. The Hall–Kier alpha value is -2.36. The molecule has 0 fully saturated rings. The predicted octanol–water partition coefficient (Wildman–Crippen LogP) is 2.35. The van der Waals surface area contributed by atoms with Crippen LogP contribution in [0, 0.1) is 6.92 Å². The van der Waals surface area contributed by atoms with Crippen molar-refractivity contribution in [2.24, 2.45) is 0 Å². The number of rotatable bonds is 2. The first-order chi connectivity index (χ1) is 9.24. The number of hydrogen-bond acceptors (Lipinski definition) is 3. The van der Waals surface area contributed by atoms with Crippen LogP contribution in [0.4, 0.5) is 11.4 Å². The van der Waals surface area contributed by atoms with Crippen LogP contribution in [-0.2, 0) is 11.3 Å². The molecule has 1 amide bonds. The highest BCUT2D eigenvalue weighted by molar-refractivity contribution is 6.02. The van der Waals surface area contributed by atoms with Crippen molar-refractivity contribution in [3.05, 3.63) is 53.9 Å². The van der Waals surface area contributed by atoms with Crippen LogP contribution in [0.25, 0.3) is 0 Å². The van der Waals surface area contributed by atoms with E-state index in [1.807, 2.05) is 48.5 Å². The Morgan fingerprint density at radius 1 is 1.32 bits per heavy atom. The predicted molar refractivity (Wildman–Crippen MR) is 75.1 cm³/mol. The Morgan fingerprint density at radius 3 is 3.00 bits per heavy atom. The van der Waals surface area contributed by atoms with Gasteiger partial charge in [-0.25, -0.2) is 0 Å². The Labute approximate surface area is 112 Å². The van der Waals surface area contributed by atoms with Crippen molar-refractivity contribution in [1.82, 2.24) is 4.98 Å². The molecule has 1 aromatic heterocycles. The van der Waals surface area contributed by atoms with Crippen molar-refractivity contribution in [3.63, 3.8) is 0 Å². The molecule has 1 aromatic carbocycles. The molecule has 19 heavy (non-hydrogen) atoms. The molecule has 1 aliphatic heterocycles. The third-order valence-electron chi connectivity index (χ3n) is 3.20. The molecule has 0 saturated heterocycles. The van der Waals surface area contributed by atoms with Crippen molar-refractivity contribution >= 4 is 17.3 Å². The van der Waals surface area contributed by atoms with E-state index in [2.05, 4.69) is 16.4 Å². The lowest BCUT2D eigenvalue weighted by Gasteiger charge is -2.30. The average Bonchev–Trinajstić information content (AvgIpc) is 2.42. The highest BCUT2D eigenvalue weighted by Crippen LogP contribution is 2.30. The second-order valence-corrected chi connectivity index (χ2v) is 4.72. The van der Waals surface area contributed by atoms with Gasteiger partial charge in [0.25, 0.3) is 0 Å². The van der Waals surface area contributed by atoms with Gasteiger partial charge in [0.15, 0.2) is 0 Å². The first-order valence-corrected chi connectivity index (χ1v) is 6.28. The van der Waals surface area contributed by atoms with Gasteiger partial charge in [-0.1, -0.05) is 18.2 Å². The zero-order chi connectivity index (χ0) is 13.2. The maximum atomic E-state index is 12.1. The average molecular weight is 253 g/mol. The number of benzene rings is 1. The number of fused-ring (bicyclic) bond motifs is 1. The number of nitrogens with zero attached hydrogens (tertiary/aromatic N) is 2. The monoisotopic (exact) mass is 253 g/mol. The minimum Gasteiger partial charge on any atom is -0.374 e. The maximum absolute atomic E-state index is 12.1. The zero-order valence-corrected chi connectivity index (χ0v) is 10.8. The molecule has 4 heteroatoms. The van der Waals surface area contributed by atoms with E-state index in [1.54, 1.807) is 0 Å². The number of para-hydroxylation sites is 2. The van der Waals surface area contributed by atoms with Gasteiger partial charge in [0.1, 0.15) is 0 Å². The zero-order valence-electron chi connectivity index (χ0n) is 10.8. The number of hydrogen-bond donors (Lipinski definition) is 1. The first-order valence-electron chi connectivity index (χ1n) is 6.28. The van der Waals surface area contributed by atoms with E-state index in [0.717, 1.165) is 22.5 Å². The van der Waals surface area contributed by atoms with Crippen molar-refractivity contribution in [2.45, 2.75) is 13.5 Å². The molecule has 3 rings (SSSR count). The summed E-state index contributed by atoms with van der Waals surface area (Å²) in [5.41, 5.74) is 4.08. The molecule has 1 aliphatic rings. The summed E-state index contributed by atoms with van der Waals surface area (Å²) in [5.74, 6) is 0.0835. The number of aryl methyl sites for hydroxylation is 1. The van der Waals surface area contributed by atoms with Crippen LogP contribution in [0.5, 0.6) is 0 Å². The smallest absolute Gasteiger partial charge is 0.246 e. The number of carbonyl (C=O) groups excluding carboxylic acids is 1. The summed E-state index contributed by atoms with van der Waals surface area (Å²) in [6, 6.07) is 9.92. The van der Waals surface area contributed by atoms with E-state index in [1.165, 1.54) is 0 Å². The summed E-state index contributed by atoms with van der Waals surface area (Å²) in [4.78, 5) is 18.1. The molecular weight excluding hydrogens is 238 g/mol. The minimum absolute atomic E-state index is 0.0835. The number of carbonyl (C=O) groups is 1. The van der Waals surface area contributed by atoms with Gasteiger partial charge in [-0.2, -0.15) is 0 Å². The molecule has 0 unspecified atom stereocenters. The Balaban J connectivity index is 1.94. The Morgan fingerprint density at radius 2 is 2.16 bits per heavy atom. The molecule has 1 N–H and O–H groups in total. The van der Waals surface area contributed by atoms with Crippen LogP contribution in [0.1, 0.15) is 11.1 Å². The van der Waals surface area contributed by atoms with E-state index < -0.39 is 0 Å². The van der Waals surface area contributed by atoms with Gasteiger partial charge in [0, 0.05) is 12.4 Å². The topological polar surface area (TPSA) is 45.2 Å². The van der Waals surface area contributed by atoms with Crippen LogP contribution in [0.3, 0.4) is 0 Å². The maximum Gasteiger partial charge on any atom is 0.246 e. The molecule has 2 heterocycles. The van der Waals surface area contributed by atoms with E-state index >= 15 is 0 Å². The number of amides is 1. The number of anilines is 2. The lowest BCUT2D eigenvalue weighted by molar-refractivity contribution is -0.117. The van der Waals surface area contributed by atoms with Crippen molar-refractivity contribution in [2.75, 3.05) is 16.8 Å². The summed E-state index contributed by atoms with van der Waals surface area (Å²) >= 11 is 0. The normalized spacial score (nSPS) is 13.9. The van der Waals surface area contributed by atoms with Crippen molar-refractivity contribution < 1.29 is 4.79 Å². The fourth-order valence-electron chi connectivity index (χ4n) is 2.32.